The number of amides is 1. The highest BCUT2D eigenvalue weighted by molar-refractivity contribution is 7.89. The quantitative estimate of drug-likeness (QED) is 0.588. The van der Waals surface area contributed by atoms with E-state index in [1.165, 1.54) is 43.5 Å². The van der Waals surface area contributed by atoms with Crippen LogP contribution in [0.1, 0.15) is 36.2 Å². The molecular formula is C21H25ClN2O5S. The van der Waals surface area contributed by atoms with Crippen molar-refractivity contribution in [2.45, 2.75) is 37.8 Å². The van der Waals surface area contributed by atoms with Crippen LogP contribution in [-0.2, 0) is 26.1 Å². The maximum absolute atomic E-state index is 13.4. The average molecular weight is 453 g/mol. The molecule has 0 fully saturated rings. The van der Waals surface area contributed by atoms with Crippen LogP contribution in [0, 0.1) is 5.92 Å². The van der Waals surface area contributed by atoms with Gasteiger partial charge in [0.15, 0.2) is 0 Å². The molecule has 0 aromatic heterocycles. The van der Waals surface area contributed by atoms with E-state index in [2.05, 4.69) is 4.74 Å². The van der Waals surface area contributed by atoms with Crippen LogP contribution < -0.4 is 5.73 Å². The van der Waals surface area contributed by atoms with E-state index in [0.717, 1.165) is 4.31 Å². The van der Waals surface area contributed by atoms with Gasteiger partial charge in [-0.05, 0) is 54.3 Å². The van der Waals surface area contributed by atoms with E-state index in [9.17, 15) is 18.0 Å². The van der Waals surface area contributed by atoms with Gasteiger partial charge in [-0.15, -0.1) is 0 Å². The van der Waals surface area contributed by atoms with Crippen molar-refractivity contribution in [2.24, 2.45) is 11.7 Å². The summed E-state index contributed by atoms with van der Waals surface area (Å²) in [5.74, 6) is -1.19. The molecule has 0 spiro atoms. The Labute approximate surface area is 181 Å². The number of carbonyl (C=O) groups is 2. The first-order valence-corrected chi connectivity index (χ1v) is 11.1. The number of ether oxygens (including phenoxy) is 1. The summed E-state index contributed by atoms with van der Waals surface area (Å²) in [4.78, 5) is 23.9. The molecule has 1 atom stereocenters. The molecule has 0 bridgehead atoms. The average Bonchev–Trinajstić information content (AvgIpc) is 2.70. The fourth-order valence-corrected chi connectivity index (χ4v) is 4.69. The molecule has 0 aliphatic rings. The third kappa shape index (κ3) is 5.81. The number of rotatable bonds is 9. The Morgan fingerprint density at radius 3 is 2.10 bits per heavy atom. The smallest absolute Gasteiger partial charge is 0.337 e. The first-order valence-electron chi connectivity index (χ1n) is 9.30. The predicted molar refractivity (Wildman–Crippen MR) is 114 cm³/mol. The molecule has 1 unspecified atom stereocenters. The molecule has 2 aromatic rings. The Balaban J connectivity index is 2.48. The van der Waals surface area contributed by atoms with Gasteiger partial charge in [0, 0.05) is 11.6 Å². The van der Waals surface area contributed by atoms with Crippen LogP contribution in [0.25, 0.3) is 0 Å². The van der Waals surface area contributed by atoms with E-state index in [0.29, 0.717) is 16.1 Å². The number of hydrogen-bond donors (Lipinski definition) is 1. The fourth-order valence-electron chi connectivity index (χ4n) is 2.97. The number of carbonyl (C=O) groups excluding carboxylic acids is 2. The molecule has 1 amide bonds. The Morgan fingerprint density at radius 2 is 1.63 bits per heavy atom. The minimum atomic E-state index is -4.05. The van der Waals surface area contributed by atoms with Crippen molar-refractivity contribution in [1.82, 2.24) is 4.31 Å². The number of sulfonamides is 1. The van der Waals surface area contributed by atoms with E-state index in [1.54, 1.807) is 12.1 Å². The molecule has 7 nitrogen and oxygen atoms in total. The summed E-state index contributed by atoms with van der Waals surface area (Å²) in [6, 6.07) is 11.0. The van der Waals surface area contributed by atoms with Crippen molar-refractivity contribution in [3.8, 4) is 0 Å². The number of hydrogen-bond acceptors (Lipinski definition) is 5. The van der Waals surface area contributed by atoms with E-state index in [4.69, 9.17) is 17.3 Å². The Hall–Kier alpha value is -2.42. The maximum Gasteiger partial charge on any atom is 0.337 e. The number of primary amides is 1. The number of nitrogens with zero attached hydrogens (tertiary/aromatic N) is 1. The SMILES string of the molecule is COC(=O)c1ccc(CN(C(CC(C)C)C(N)=O)S(=O)(=O)c2ccc(Cl)cc2)cc1. The van der Waals surface area contributed by atoms with Gasteiger partial charge in [0.05, 0.1) is 17.6 Å². The molecule has 0 radical (unpaired) electrons. The second-order valence-corrected chi connectivity index (χ2v) is 9.57. The minimum absolute atomic E-state index is 0.00749. The van der Waals surface area contributed by atoms with Crippen LogP contribution in [0.3, 0.4) is 0 Å². The van der Waals surface area contributed by atoms with Gasteiger partial charge >= 0.3 is 5.97 Å². The summed E-state index contributed by atoms with van der Waals surface area (Å²) in [6.45, 7) is 3.68. The largest absolute Gasteiger partial charge is 0.465 e. The van der Waals surface area contributed by atoms with Crippen LogP contribution in [0.15, 0.2) is 53.4 Å². The lowest BCUT2D eigenvalue weighted by Gasteiger charge is -2.30. The van der Waals surface area contributed by atoms with E-state index in [1.807, 2.05) is 13.8 Å². The number of nitrogens with two attached hydrogens (primary N) is 1. The van der Waals surface area contributed by atoms with Gasteiger partial charge < -0.3 is 10.5 Å². The molecule has 162 valence electrons. The molecule has 2 aromatic carbocycles. The molecule has 9 heteroatoms. The van der Waals surface area contributed by atoms with Crippen LogP contribution in [0.2, 0.25) is 5.02 Å². The van der Waals surface area contributed by atoms with Crippen molar-refractivity contribution in [3.63, 3.8) is 0 Å². The van der Waals surface area contributed by atoms with Gasteiger partial charge in [0.2, 0.25) is 15.9 Å². The molecule has 2 rings (SSSR count). The number of esters is 1. The Bertz CT molecular complexity index is 989. The van der Waals surface area contributed by atoms with Gasteiger partial charge in [-0.25, -0.2) is 13.2 Å². The highest BCUT2D eigenvalue weighted by atomic mass is 35.5. The van der Waals surface area contributed by atoms with Crippen molar-refractivity contribution >= 4 is 33.5 Å². The van der Waals surface area contributed by atoms with Crippen LogP contribution in [0.5, 0.6) is 0 Å². The summed E-state index contributed by atoms with van der Waals surface area (Å²) in [6.07, 6.45) is 0.266. The second-order valence-electron chi connectivity index (χ2n) is 7.24. The summed E-state index contributed by atoms with van der Waals surface area (Å²) < 4.78 is 32.6. The van der Waals surface area contributed by atoms with Crippen molar-refractivity contribution in [2.75, 3.05) is 7.11 Å². The molecule has 0 heterocycles. The van der Waals surface area contributed by atoms with Crippen LogP contribution >= 0.6 is 11.6 Å². The molecular weight excluding hydrogens is 428 g/mol. The van der Waals surface area contributed by atoms with E-state index >= 15 is 0 Å². The van der Waals surface area contributed by atoms with Crippen molar-refractivity contribution in [1.29, 1.82) is 0 Å². The highest BCUT2D eigenvalue weighted by Gasteiger charge is 2.35. The van der Waals surface area contributed by atoms with Gasteiger partial charge in [0.1, 0.15) is 6.04 Å². The van der Waals surface area contributed by atoms with Gasteiger partial charge in [-0.3, -0.25) is 4.79 Å². The van der Waals surface area contributed by atoms with Gasteiger partial charge in [-0.2, -0.15) is 4.31 Å². The molecule has 0 aliphatic heterocycles. The third-order valence-corrected chi connectivity index (χ3v) is 6.63. The minimum Gasteiger partial charge on any atom is -0.465 e. The lowest BCUT2D eigenvalue weighted by atomic mass is 10.0. The van der Waals surface area contributed by atoms with Crippen molar-refractivity contribution < 1.29 is 22.7 Å². The summed E-state index contributed by atoms with van der Waals surface area (Å²) in [5.41, 5.74) is 6.52. The lowest BCUT2D eigenvalue weighted by molar-refractivity contribution is -0.122. The monoisotopic (exact) mass is 452 g/mol. The number of methoxy groups -OCH3 is 1. The topological polar surface area (TPSA) is 107 Å². The Kier molecular flexibility index (Phi) is 8.00. The predicted octanol–water partition coefficient (Wildman–Crippen LogP) is 3.22. The van der Waals surface area contributed by atoms with E-state index in [-0.39, 0.29) is 23.8 Å². The normalized spacial score (nSPS) is 12.7. The zero-order chi connectivity index (χ0) is 22.5. The van der Waals surface area contributed by atoms with E-state index < -0.39 is 27.9 Å². The summed E-state index contributed by atoms with van der Waals surface area (Å²) in [5, 5.41) is 0.396. The molecule has 0 aliphatic carbocycles. The van der Waals surface area contributed by atoms with Crippen LogP contribution in [0.4, 0.5) is 0 Å². The maximum atomic E-state index is 13.4. The molecule has 0 saturated carbocycles. The fraction of sp³-hybridized carbons (Fsp3) is 0.333. The zero-order valence-electron chi connectivity index (χ0n) is 17.0. The number of benzene rings is 2. The molecule has 0 saturated heterocycles. The van der Waals surface area contributed by atoms with Crippen LogP contribution in [-0.4, -0.2) is 37.8 Å². The molecule has 2 N–H and O–H groups in total. The van der Waals surface area contributed by atoms with Gasteiger partial charge in [0.25, 0.3) is 0 Å². The first kappa shape index (κ1) is 23.9. The molecule has 30 heavy (non-hydrogen) atoms. The lowest BCUT2D eigenvalue weighted by Crippen LogP contribution is -2.48. The number of halogens is 1. The van der Waals surface area contributed by atoms with Crippen molar-refractivity contribution in [3.05, 3.63) is 64.7 Å². The summed E-state index contributed by atoms with van der Waals surface area (Å²) in [7, 11) is -2.78. The zero-order valence-corrected chi connectivity index (χ0v) is 18.6. The summed E-state index contributed by atoms with van der Waals surface area (Å²) >= 11 is 5.88. The second kappa shape index (κ2) is 10.1. The third-order valence-electron chi connectivity index (χ3n) is 4.50. The standard InChI is InChI=1S/C21H25ClN2O5S/c1-14(2)12-19(20(23)25)24(30(27,28)18-10-8-17(22)9-11-18)13-15-4-6-16(7-5-15)21(26)29-3/h4-11,14,19H,12-13H2,1-3H3,(H2,23,25). The first-order chi connectivity index (χ1) is 14.1. The van der Waals surface area contributed by atoms with Gasteiger partial charge in [-0.1, -0.05) is 37.6 Å². The Morgan fingerprint density at radius 1 is 1.07 bits per heavy atom. The highest BCUT2D eigenvalue weighted by Crippen LogP contribution is 2.25.